The van der Waals surface area contributed by atoms with Crippen LogP contribution in [0.3, 0.4) is 0 Å². The first kappa shape index (κ1) is 30.1. The molecule has 2 aromatic carbocycles. The van der Waals surface area contributed by atoms with E-state index in [-0.39, 0.29) is 5.00 Å². The van der Waals surface area contributed by atoms with Crippen molar-refractivity contribution in [3.8, 4) is 44.6 Å². The Kier molecular flexibility index (Phi) is 9.12. The van der Waals surface area contributed by atoms with Crippen molar-refractivity contribution in [2.45, 2.75) is 0 Å². The van der Waals surface area contributed by atoms with Crippen molar-refractivity contribution >= 4 is 54.5 Å². The average Bonchev–Trinajstić information content (AvgIpc) is 3.69. The summed E-state index contributed by atoms with van der Waals surface area (Å²) >= 11 is 2.35. The molecule has 6 rings (SSSR count). The zero-order valence-corrected chi connectivity index (χ0v) is 25.6. The number of aromatic nitrogens is 2. The van der Waals surface area contributed by atoms with Gasteiger partial charge in [0.2, 0.25) is 0 Å². The molecule has 0 bridgehead atoms. The number of pyridine rings is 2. The van der Waals surface area contributed by atoms with E-state index in [1.54, 1.807) is 65.1 Å². The van der Waals surface area contributed by atoms with Gasteiger partial charge in [-0.05, 0) is 53.8 Å². The molecule has 14 heteroatoms. The van der Waals surface area contributed by atoms with Gasteiger partial charge < -0.3 is 34.2 Å². The van der Waals surface area contributed by atoms with Gasteiger partial charge in [0.05, 0.1) is 49.4 Å². The summed E-state index contributed by atoms with van der Waals surface area (Å²) in [7, 11) is 6.29. The van der Waals surface area contributed by atoms with Gasteiger partial charge in [-0.1, -0.05) is 11.3 Å². The molecule has 4 heterocycles. The van der Waals surface area contributed by atoms with E-state index >= 15 is 0 Å². The van der Waals surface area contributed by atoms with Crippen LogP contribution in [0.25, 0.3) is 21.8 Å². The maximum atomic E-state index is 10.8. The molecule has 6 aromatic rings. The van der Waals surface area contributed by atoms with Gasteiger partial charge in [0, 0.05) is 41.4 Å². The monoisotopic (exact) mass is 634 g/mol. The SMILES string of the molecule is COc1cc2nccc(Oc3ccc(N)s3)c2cc1OC.COc1cc2nccc(Oc3ccc([N+](=O)[O-])s3)c2cc1OC. The van der Waals surface area contributed by atoms with E-state index < -0.39 is 4.92 Å². The highest BCUT2D eigenvalue weighted by molar-refractivity contribution is 7.17. The minimum absolute atomic E-state index is 0.0256. The first-order chi connectivity index (χ1) is 21.3. The number of nitrogen functional groups attached to an aromatic ring is 1. The number of rotatable bonds is 9. The van der Waals surface area contributed by atoms with Crippen LogP contribution in [0.5, 0.6) is 44.6 Å². The summed E-state index contributed by atoms with van der Waals surface area (Å²) in [5, 5.41) is 14.2. The van der Waals surface area contributed by atoms with Crippen LogP contribution < -0.4 is 34.2 Å². The number of nitro groups is 1. The zero-order valence-electron chi connectivity index (χ0n) is 23.9. The van der Waals surface area contributed by atoms with E-state index in [4.69, 9.17) is 34.2 Å². The van der Waals surface area contributed by atoms with Crippen molar-refractivity contribution in [2.24, 2.45) is 0 Å². The fraction of sp³-hybridized carbons (Fsp3) is 0.133. The molecular formula is C30H26N4O8S2. The summed E-state index contributed by atoms with van der Waals surface area (Å²) < 4.78 is 32.8. The number of methoxy groups -OCH3 is 4. The van der Waals surface area contributed by atoms with Crippen molar-refractivity contribution < 1.29 is 33.3 Å². The molecule has 0 atom stereocenters. The number of anilines is 1. The third kappa shape index (κ3) is 6.50. The molecule has 2 N–H and O–H groups in total. The fourth-order valence-corrected chi connectivity index (χ4v) is 5.46. The third-order valence-corrected chi connectivity index (χ3v) is 7.89. The normalized spacial score (nSPS) is 10.5. The van der Waals surface area contributed by atoms with E-state index in [0.29, 0.717) is 50.1 Å². The molecule has 0 aliphatic carbocycles. The second kappa shape index (κ2) is 13.3. The van der Waals surface area contributed by atoms with Crippen LogP contribution in [0.15, 0.2) is 73.1 Å². The lowest BCUT2D eigenvalue weighted by atomic mass is 10.2. The molecule has 0 fully saturated rings. The summed E-state index contributed by atoms with van der Waals surface area (Å²) in [6.07, 6.45) is 3.30. The van der Waals surface area contributed by atoms with E-state index in [2.05, 4.69) is 9.97 Å². The van der Waals surface area contributed by atoms with Crippen molar-refractivity contribution in [1.29, 1.82) is 0 Å². The number of hydrogen-bond acceptors (Lipinski definition) is 13. The zero-order chi connectivity index (χ0) is 31.2. The van der Waals surface area contributed by atoms with Crippen LogP contribution >= 0.6 is 22.7 Å². The van der Waals surface area contributed by atoms with Gasteiger partial charge in [-0.15, -0.1) is 0 Å². The van der Waals surface area contributed by atoms with Crippen LogP contribution in [-0.4, -0.2) is 43.3 Å². The lowest BCUT2D eigenvalue weighted by molar-refractivity contribution is -0.380. The quantitative estimate of drug-likeness (QED) is 0.123. The Morgan fingerprint density at radius 1 is 0.636 bits per heavy atom. The number of nitrogens with zero attached hydrogens (tertiary/aromatic N) is 3. The second-order valence-electron chi connectivity index (χ2n) is 8.78. The van der Waals surface area contributed by atoms with Crippen molar-refractivity contribution in [3.63, 3.8) is 0 Å². The molecule has 12 nitrogen and oxygen atoms in total. The molecule has 0 aliphatic heterocycles. The molecule has 0 radical (unpaired) electrons. The van der Waals surface area contributed by atoms with Crippen LogP contribution in [-0.2, 0) is 0 Å². The van der Waals surface area contributed by atoms with Gasteiger partial charge in [0.15, 0.2) is 33.1 Å². The maximum absolute atomic E-state index is 10.8. The molecule has 0 saturated heterocycles. The Labute approximate surface area is 259 Å². The molecule has 0 saturated carbocycles. The minimum Gasteiger partial charge on any atom is -0.493 e. The lowest BCUT2D eigenvalue weighted by Crippen LogP contribution is -1.92. The second-order valence-corrected chi connectivity index (χ2v) is 10.9. The predicted molar refractivity (Wildman–Crippen MR) is 170 cm³/mol. The van der Waals surface area contributed by atoms with Gasteiger partial charge >= 0.3 is 5.00 Å². The molecule has 0 aliphatic rings. The highest BCUT2D eigenvalue weighted by Gasteiger charge is 2.15. The molecule has 226 valence electrons. The van der Waals surface area contributed by atoms with Crippen molar-refractivity contribution in [3.05, 3.63) is 83.2 Å². The Morgan fingerprint density at radius 3 is 1.50 bits per heavy atom. The smallest absolute Gasteiger partial charge is 0.327 e. The topological polar surface area (TPSA) is 150 Å². The summed E-state index contributed by atoms with van der Waals surface area (Å²) in [4.78, 5) is 18.9. The minimum atomic E-state index is -0.448. The Hall–Kier alpha value is -5.34. The molecule has 44 heavy (non-hydrogen) atoms. The number of hydrogen-bond donors (Lipinski definition) is 1. The Morgan fingerprint density at radius 2 is 1.09 bits per heavy atom. The van der Waals surface area contributed by atoms with Gasteiger partial charge in [0.1, 0.15) is 11.5 Å². The molecule has 4 aromatic heterocycles. The molecule has 0 spiro atoms. The van der Waals surface area contributed by atoms with Crippen LogP contribution in [0.2, 0.25) is 0 Å². The van der Waals surface area contributed by atoms with Gasteiger partial charge in [-0.25, -0.2) is 0 Å². The van der Waals surface area contributed by atoms with E-state index in [1.165, 1.54) is 17.4 Å². The molecule has 0 unspecified atom stereocenters. The van der Waals surface area contributed by atoms with Crippen LogP contribution in [0, 0.1) is 10.1 Å². The highest BCUT2D eigenvalue weighted by atomic mass is 32.1. The van der Waals surface area contributed by atoms with E-state index in [0.717, 1.165) is 32.7 Å². The summed E-state index contributed by atoms with van der Waals surface area (Å²) in [6, 6.07) is 17.3. The van der Waals surface area contributed by atoms with Crippen LogP contribution in [0.4, 0.5) is 10.0 Å². The number of benzene rings is 2. The average molecular weight is 635 g/mol. The largest absolute Gasteiger partial charge is 0.493 e. The lowest BCUT2D eigenvalue weighted by Gasteiger charge is -2.11. The fourth-order valence-electron chi connectivity index (χ4n) is 4.14. The van der Waals surface area contributed by atoms with Crippen molar-refractivity contribution in [2.75, 3.05) is 34.2 Å². The first-order valence-corrected chi connectivity index (χ1v) is 14.4. The Balaban J connectivity index is 0.000000175. The number of nitrogens with two attached hydrogens (primary N) is 1. The van der Waals surface area contributed by atoms with E-state index in [9.17, 15) is 10.1 Å². The number of ether oxygens (including phenoxy) is 6. The van der Waals surface area contributed by atoms with E-state index in [1.807, 2.05) is 30.3 Å². The Bertz CT molecular complexity index is 1940. The third-order valence-electron chi connectivity index (χ3n) is 6.18. The number of thiophene rings is 2. The molecule has 0 amide bonds. The van der Waals surface area contributed by atoms with Crippen LogP contribution in [0.1, 0.15) is 0 Å². The first-order valence-electron chi connectivity index (χ1n) is 12.8. The maximum Gasteiger partial charge on any atom is 0.327 e. The summed E-state index contributed by atoms with van der Waals surface area (Å²) in [6.45, 7) is 0. The molecular weight excluding hydrogens is 608 g/mol. The predicted octanol–water partition coefficient (Wildman–Crippen LogP) is 7.70. The van der Waals surface area contributed by atoms with Gasteiger partial charge in [0.25, 0.3) is 0 Å². The summed E-state index contributed by atoms with van der Waals surface area (Å²) in [5.74, 6) is 3.62. The summed E-state index contributed by atoms with van der Waals surface area (Å²) in [5.41, 5.74) is 7.16. The van der Waals surface area contributed by atoms with Crippen molar-refractivity contribution in [1.82, 2.24) is 9.97 Å². The number of fused-ring (bicyclic) bond motifs is 2. The van der Waals surface area contributed by atoms with Gasteiger partial charge in [-0.2, -0.15) is 0 Å². The highest BCUT2D eigenvalue weighted by Crippen LogP contribution is 2.40. The standard InChI is InChI=1S/C15H12N2O5S.C15H14N2O3S/c1-20-12-7-9-10(8-13(12)21-2)16-6-5-11(9)22-15-4-3-14(23-15)17(18)19;1-18-12-7-9-10(8-13(12)19-2)17-6-5-11(9)20-15-4-3-14(16)21-15/h3-8H,1-2H3;3-8H,16H2,1-2H3. The van der Waals surface area contributed by atoms with Gasteiger partial charge in [-0.3, -0.25) is 20.1 Å².